The van der Waals surface area contributed by atoms with Crippen molar-refractivity contribution in [2.45, 2.75) is 37.9 Å². The van der Waals surface area contributed by atoms with Crippen molar-refractivity contribution in [2.75, 3.05) is 13.2 Å². The van der Waals surface area contributed by atoms with E-state index in [9.17, 15) is 5.11 Å². The Hall–Kier alpha value is -0.420. The molecule has 1 aromatic rings. The van der Waals surface area contributed by atoms with Crippen LogP contribution in [-0.2, 0) is 0 Å². The first-order valence-corrected chi connectivity index (χ1v) is 6.77. The molecule has 0 spiro atoms. The lowest BCUT2D eigenvalue weighted by Gasteiger charge is -2.34. The first kappa shape index (κ1) is 12.0. The van der Waals surface area contributed by atoms with Gasteiger partial charge in [-0.1, -0.05) is 6.07 Å². The number of nitrogens with zero attached hydrogens (tertiary/aromatic N) is 1. The Balaban J connectivity index is 2.19. The van der Waals surface area contributed by atoms with Crippen molar-refractivity contribution < 1.29 is 5.11 Å². The van der Waals surface area contributed by atoms with Crippen molar-refractivity contribution in [3.8, 4) is 0 Å². The molecule has 0 saturated carbocycles. The molecule has 2 heterocycles. The van der Waals surface area contributed by atoms with E-state index < -0.39 is 0 Å². The van der Waals surface area contributed by atoms with Gasteiger partial charge >= 0.3 is 0 Å². The maximum absolute atomic E-state index is 9.39. The Bertz CT molecular complexity index is 313. The van der Waals surface area contributed by atoms with E-state index in [1.807, 2.05) is 0 Å². The fraction of sp³-hybridized carbons (Fsp3) is 0.667. The molecular formula is C12H20N2OS. The summed E-state index contributed by atoms with van der Waals surface area (Å²) in [6.07, 6.45) is 2.25. The molecule has 0 aliphatic carbocycles. The van der Waals surface area contributed by atoms with E-state index in [-0.39, 0.29) is 24.7 Å². The highest BCUT2D eigenvalue weighted by Gasteiger charge is 2.33. The van der Waals surface area contributed by atoms with Gasteiger partial charge in [-0.2, -0.15) is 0 Å². The summed E-state index contributed by atoms with van der Waals surface area (Å²) in [6, 6.07) is 4.87. The van der Waals surface area contributed by atoms with E-state index in [1.165, 1.54) is 11.3 Å². The molecule has 0 aromatic carbocycles. The van der Waals surface area contributed by atoms with Crippen molar-refractivity contribution in [3.63, 3.8) is 0 Å². The highest BCUT2D eigenvalue weighted by Crippen LogP contribution is 2.33. The predicted octanol–water partition coefficient (Wildman–Crippen LogP) is 1.59. The summed E-state index contributed by atoms with van der Waals surface area (Å²) in [6.45, 7) is 3.35. The Labute approximate surface area is 101 Å². The molecule has 90 valence electrons. The van der Waals surface area contributed by atoms with Gasteiger partial charge in [0.15, 0.2) is 0 Å². The Morgan fingerprint density at radius 1 is 1.69 bits per heavy atom. The molecule has 4 heteroatoms. The van der Waals surface area contributed by atoms with Crippen molar-refractivity contribution in [1.82, 2.24) is 4.90 Å². The summed E-state index contributed by atoms with van der Waals surface area (Å²) in [4.78, 5) is 3.69. The first-order chi connectivity index (χ1) is 7.74. The van der Waals surface area contributed by atoms with Gasteiger partial charge in [0.1, 0.15) is 0 Å². The lowest BCUT2D eigenvalue weighted by atomic mass is 10.1. The van der Waals surface area contributed by atoms with Crippen LogP contribution in [0.2, 0.25) is 0 Å². The van der Waals surface area contributed by atoms with Crippen molar-refractivity contribution in [2.24, 2.45) is 5.73 Å². The standard InChI is InChI=1S/C12H20N2OS/c1-9(13)12(11-5-3-7-16-11)14-6-2-4-10(14)8-15/h3,5,7,9-10,12,15H,2,4,6,8,13H2,1H3. The van der Waals surface area contributed by atoms with E-state index in [1.54, 1.807) is 11.3 Å². The average molecular weight is 240 g/mol. The molecule has 3 unspecified atom stereocenters. The third-order valence-electron chi connectivity index (χ3n) is 3.32. The molecule has 0 radical (unpaired) electrons. The number of hydrogen-bond acceptors (Lipinski definition) is 4. The fourth-order valence-corrected chi connectivity index (χ4v) is 3.57. The van der Waals surface area contributed by atoms with Gasteiger partial charge in [0, 0.05) is 17.0 Å². The van der Waals surface area contributed by atoms with Crippen molar-refractivity contribution >= 4 is 11.3 Å². The van der Waals surface area contributed by atoms with Gasteiger partial charge in [-0.05, 0) is 37.8 Å². The van der Waals surface area contributed by atoms with Crippen molar-refractivity contribution in [3.05, 3.63) is 22.4 Å². The van der Waals surface area contributed by atoms with Crippen LogP contribution in [0.25, 0.3) is 0 Å². The number of aliphatic hydroxyl groups excluding tert-OH is 1. The molecule has 1 aliphatic heterocycles. The molecule has 3 atom stereocenters. The van der Waals surface area contributed by atoms with Crippen LogP contribution >= 0.6 is 11.3 Å². The van der Waals surface area contributed by atoms with Crippen LogP contribution in [0.3, 0.4) is 0 Å². The monoisotopic (exact) mass is 240 g/mol. The predicted molar refractivity (Wildman–Crippen MR) is 67.5 cm³/mol. The Morgan fingerprint density at radius 3 is 3.06 bits per heavy atom. The molecule has 3 N–H and O–H groups in total. The zero-order valence-corrected chi connectivity index (χ0v) is 10.5. The quantitative estimate of drug-likeness (QED) is 0.840. The van der Waals surface area contributed by atoms with Gasteiger partial charge in [0.05, 0.1) is 12.6 Å². The lowest BCUT2D eigenvalue weighted by molar-refractivity contribution is 0.109. The Morgan fingerprint density at radius 2 is 2.50 bits per heavy atom. The number of likely N-dealkylation sites (tertiary alicyclic amines) is 1. The summed E-state index contributed by atoms with van der Waals surface area (Å²) in [7, 11) is 0. The third kappa shape index (κ3) is 2.30. The minimum atomic E-state index is 0.103. The van der Waals surface area contributed by atoms with Crippen LogP contribution in [0.4, 0.5) is 0 Å². The van der Waals surface area contributed by atoms with E-state index in [2.05, 4.69) is 29.3 Å². The average Bonchev–Trinajstić information content (AvgIpc) is 2.88. The van der Waals surface area contributed by atoms with Gasteiger partial charge in [0.2, 0.25) is 0 Å². The second-order valence-electron chi connectivity index (χ2n) is 4.54. The second-order valence-corrected chi connectivity index (χ2v) is 5.52. The van der Waals surface area contributed by atoms with Gasteiger partial charge in [-0.3, -0.25) is 4.90 Å². The number of hydrogen-bond donors (Lipinski definition) is 2. The maximum atomic E-state index is 9.39. The van der Waals surface area contributed by atoms with Crippen molar-refractivity contribution in [1.29, 1.82) is 0 Å². The van der Waals surface area contributed by atoms with E-state index >= 15 is 0 Å². The van der Waals surface area contributed by atoms with Crippen LogP contribution < -0.4 is 5.73 Å². The van der Waals surface area contributed by atoms with Gasteiger partial charge in [-0.15, -0.1) is 11.3 Å². The third-order valence-corrected chi connectivity index (χ3v) is 4.27. The first-order valence-electron chi connectivity index (χ1n) is 5.89. The maximum Gasteiger partial charge on any atom is 0.0593 e. The fourth-order valence-electron chi connectivity index (χ4n) is 2.60. The molecule has 3 nitrogen and oxygen atoms in total. The molecule has 1 aromatic heterocycles. The SMILES string of the molecule is CC(N)C(c1cccs1)N1CCCC1CO. The normalized spacial score (nSPS) is 25.8. The van der Waals surface area contributed by atoms with Crippen LogP contribution in [0.15, 0.2) is 17.5 Å². The van der Waals surface area contributed by atoms with E-state index in [0.717, 1.165) is 13.0 Å². The molecule has 2 rings (SSSR count). The summed E-state index contributed by atoms with van der Waals surface area (Å²) in [5, 5.41) is 11.5. The number of aliphatic hydroxyl groups is 1. The number of rotatable bonds is 4. The van der Waals surface area contributed by atoms with E-state index in [0.29, 0.717) is 0 Å². The van der Waals surface area contributed by atoms with Gasteiger partial charge in [-0.25, -0.2) is 0 Å². The molecule has 1 aliphatic rings. The lowest BCUT2D eigenvalue weighted by Crippen LogP contribution is -2.43. The van der Waals surface area contributed by atoms with Crippen LogP contribution in [-0.4, -0.2) is 35.2 Å². The molecule has 1 saturated heterocycles. The highest BCUT2D eigenvalue weighted by molar-refractivity contribution is 7.10. The second kappa shape index (κ2) is 5.27. The van der Waals surface area contributed by atoms with E-state index in [4.69, 9.17) is 5.73 Å². The summed E-state index contributed by atoms with van der Waals surface area (Å²) >= 11 is 1.76. The summed E-state index contributed by atoms with van der Waals surface area (Å²) in [5.41, 5.74) is 6.11. The minimum absolute atomic E-state index is 0.103. The molecule has 1 fully saturated rings. The largest absolute Gasteiger partial charge is 0.395 e. The van der Waals surface area contributed by atoms with Gasteiger partial charge < -0.3 is 10.8 Å². The molecular weight excluding hydrogens is 220 g/mol. The zero-order chi connectivity index (χ0) is 11.5. The topological polar surface area (TPSA) is 49.5 Å². The minimum Gasteiger partial charge on any atom is -0.395 e. The summed E-state index contributed by atoms with van der Waals surface area (Å²) in [5.74, 6) is 0. The number of thiophene rings is 1. The molecule has 16 heavy (non-hydrogen) atoms. The van der Waals surface area contributed by atoms with Crippen LogP contribution in [0.5, 0.6) is 0 Å². The highest BCUT2D eigenvalue weighted by atomic mass is 32.1. The molecule has 0 bridgehead atoms. The molecule has 0 amide bonds. The summed E-state index contributed by atoms with van der Waals surface area (Å²) < 4.78 is 0. The smallest absolute Gasteiger partial charge is 0.0593 e. The number of nitrogens with two attached hydrogens (primary N) is 1. The van der Waals surface area contributed by atoms with Gasteiger partial charge in [0.25, 0.3) is 0 Å². The Kier molecular flexibility index (Phi) is 3.97. The van der Waals surface area contributed by atoms with Crippen LogP contribution in [0, 0.1) is 0 Å². The zero-order valence-electron chi connectivity index (χ0n) is 9.67. The van der Waals surface area contributed by atoms with Crippen LogP contribution in [0.1, 0.15) is 30.7 Å².